The summed E-state index contributed by atoms with van der Waals surface area (Å²) in [7, 11) is 0. The summed E-state index contributed by atoms with van der Waals surface area (Å²) in [4.78, 5) is 10.4. The highest BCUT2D eigenvalue weighted by atomic mass is 15.2. The first-order valence-corrected chi connectivity index (χ1v) is 18.4. The second-order valence-corrected chi connectivity index (χ2v) is 14.2. The van der Waals surface area contributed by atoms with Gasteiger partial charge in [-0.15, -0.1) is 0 Å². The van der Waals surface area contributed by atoms with E-state index in [1.807, 2.05) is 12.1 Å². The van der Waals surface area contributed by atoms with E-state index in [0.717, 1.165) is 33.2 Å². The Kier molecular flexibility index (Phi) is 6.02. The van der Waals surface area contributed by atoms with Crippen LogP contribution in [0.4, 0.5) is 0 Å². The zero-order valence-corrected chi connectivity index (χ0v) is 29.1. The van der Waals surface area contributed by atoms with E-state index in [9.17, 15) is 0 Å². The molecule has 0 bridgehead atoms. The van der Waals surface area contributed by atoms with E-state index >= 15 is 0 Å². The zero-order valence-electron chi connectivity index (χ0n) is 29.1. The van der Waals surface area contributed by atoms with Gasteiger partial charge in [-0.05, 0) is 76.9 Å². The summed E-state index contributed by atoms with van der Waals surface area (Å²) in [6, 6.07) is 65.4. The molecular weight excluding hydrogens is 657 g/mol. The normalized spacial score (nSPS) is 12.1. The molecule has 0 fully saturated rings. The minimum Gasteiger partial charge on any atom is -0.308 e. The summed E-state index contributed by atoms with van der Waals surface area (Å²) in [5.41, 5.74) is 13.7. The summed E-state index contributed by atoms with van der Waals surface area (Å²) in [6.07, 6.45) is 0. The third-order valence-corrected chi connectivity index (χ3v) is 11.2. The number of aromatic nitrogens is 4. The molecular formula is C50H30N4. The highest BCUT2D eigenvalue weighted by Gasteiger charge is 2.21. The van der Waals surface area contributed by atoms with Crippen LogP contribution in [0.25, 0.3) is 110 Å². The number of hydrogen-bond acceptors (Lipinski definition) is 2. The van der Waals surface area contributed by atoms with E-state index in [4.69, 9.17) is 9.97 Å². The maximum atomic E-state index is 5.27. The number of rotatable bonds is 4. The first-order valence-electron chi connectivity index (χ1n) is 18.4. The molecule has 0 aliphatic carbocycles. The minimum atomic E-state index is 0.667. The molecule has 54 heavy (non-hydrogen) atoms. The van der Waals surface area contributed by atoms with Gasteiger partial charge in [-0.25, -0.2) is 9.97 Å². The minimum absolute atomic E-state index is 0.667. The molecule has 0 atom stereocenters. The summed E-state index contributed by atoms with van der Waals surface area (Å²) in [5, 5.41) is 8.50. The highest BCUT2D eigenvalue weighted by molar-refractivity contribution is 6.25. The lowest BCUT2D eigenvalue weighted by atomic mass is 9.97. The molecule has 12 aromatic rings. The topological polar surface area (TPSA) is 35.1 Å². The van der Waals surface area contributed by atoms with Crippen LogP contribution in [0.1, 0.15) is 0 Å². The molecule has 8 aromatic carbocycles. The van der Waals surface area contributed by atoms with Gasteiger partial charge in [-0.1, -0.05) is 127 Å². The Balaban J connectivity index is 1.08. The van der Waals surface area contributed by atoms with Crippen LogP contribution in [-0.2, 0) is 0 Å². The second-order valence-electron chi connectivity index (χ2n) is 14.2. The second kappa shape index (κ2) is 11.1. The summed E-state index contributed by atoms with van der Waals surface area (Å²) in [6.45, 7) is 0. The van der Waals surface area contributed by atoms with Crippen LogP contribution in [0.15, 0.2) is 182 Å². The molecule has 0 spiro atoms. The van der Waals surface area contributed by atoms with Crippen LogP contribution in [-0.4, -0.2) is 18.9 Å². The highest BCUT2D eigenvalue weighted by Crippen LogP contribution is 2.43. The van der Waals surface area contributed by atoms with Crippen molar-refractivity contribution in [1.82, 2.24) is 18.9 Å². The van der Waals surface area contributed by atoms with E-state index < -0.39 is 0 Å². The lowest BCUT2D eigenvalue weighted by molar-refractivity contribution is 1.01. The van der Waals surface area contributed by atoms with Crippen molar-refractivity contribution < 1.29 is 0 Å². The van der Waals surface area contributed by atoms with Gasteiger partial charge in [0.05, 0.1) is 38.8 Å². The molecule has 0 radical (unpaired) electrons. The van der Waals surface area contributed by atoms with Crippen LogP contribution in [0.5, 0.6) is 0 Å². The molecule has 0 saturated carbocycles. The van der Waals surface area contributed by atoms with Gasteiger partial charge in [0.2, 0.25) is 5.95 Å². The maximum Gasteiger partial charge on any atom is 0.235 e. The van der Waals surface area contributed by atoms with Crippen LogP contribution in [0.3, 0.4) is 0 Å². The zero-order chi connectivity index (χ0) is 35.3. The van der Waals surface area contributed by atoms with Crippen molar-refractivity contribution in [3.8, 4) is 39.5 Å². The standard InChI is InChI=1S/C50H30N4/c1-3-13-31(14-4-1)35-29-41-37-18-9-11-21-44(37)53-46-25-23-34(28-40(46)42(30-35)49(41)53)33-24-26-47-39(27-33)36-17-8-12-22-45(36)54(47)50-51-43-20-10-7-19-38(43)48(52-50)32-15-5-2-6-16-32/h1-30H. The van der Waals surface area contributed by atoms with E-state index in [1.165, 1.54) is 71.1 Å². The Bertz CT molecular complexity index is 3430. The van der Waals surface area contributed by atoms with Crippen LogP contribution in [0, 0.1) is 0 Å². The Morgan fingerprint density at radius 3 is 1.56 bits per heavy atom. The Hall–Kier alpha value is -7.30. The Morgan fingerprint density at radius 1 is 0.315 bits per heavy atom. The lowest BCUT2D eigenvalue weighted by Crippen LogP contribution is -2.03. The average Bonchev–Trinajstić information content (AvgIpc) is 3.88. The Labute approximate surface area is 310 Å². The van der Waals surface area contributed by atoms with Crippen LogP contribution < -0.4 is 0 Å². The molecule has 12 rings (SSSR count). The van der Waals surface area contributed by atoms with Gasteiger partial charge >= 0.3 is 0 Å². The Morgan fingerprint density at radius 2 is 0.815 bits per heavy atom. The third-order valence-electron chi connectivity index (χ3n) is 11.2. The van der Waals surface area contributed by atoms with Crippen LogP contribution >= 0.6 is 0 Å². The number of benzene rings is 8. The molecule has 0 N–H and O–H groups in total. The first kappa shape index (κ1) is 29.3. The number of para-hydroxylation sites is 3. The molecule has 0 aliphatic heterocycles. The van der Waals surface area contributed by atoms with Crippen molar-refractivity contribution in [1.29, 1.82) is 0 Å². The number of fused-ring (bicyclic) bond motifs is 10. The number of hydrogen-bond donors (Lipinski definition) is 0. The first-order chi connectivity index (χ1) is 26.8. The van der Waals surface area contributed by atoms with Crippen molar-refractivity contribution in [2.24, 2.45) is 0 Å². The van der Waals surface area contributed by atoms with Gasteiger partial charge in [0.15, 0.2) is 0 Å². The van der Waals surface area contributed by atoms with Gasteiger partial charge in [0.1, 0.15) is 0 Å². The molecule has 4 heteroatoms. The molecule has 0 aliphatic rings. The van der Waals surface area contributed by atoms with Gasteiger partial charge in [-0.2, -0.15) is 0 Å². The van der Waals surface area contributed by atoms with E-state index in [0.29, 0.717) is 5.95 Å². The maximum absolute atomic E-state index is 5.27. The molecule has 0 saturated heterocycles. The smallest absolute Gasteiger partial charge is 0.235 e. The fourth-order valence-corrected chi connectivity index (χ4v) is 8.83. The average molecular weight is 687 g/mol. The van der Waals surface area contributed by atoms with Crippen molar-refractivity contribution in [3.05, 3.63) is 182 Å². The van der Waals surface area contributed by atoms with Crippen molar-refractivity contribution in [2.45, 2.75) is 0 Å². The van der Waals surface area contributed by atoms with Gasteiger partial charge in [0, 0.05) is 43.3 Å². The van der Waals surface area contributed by atoms with Gasteiger partial charge < -0.3 is 4.40 Å². The van der Waals surface area contributed by atoms with Crippen LogP contribution in [0.2, 0.25) is 0 Å². The van der Waals surface area contributed by atoms with E-state index in [-0.39, 0.29) is 0 Å². The third kappa shape index (κ3) is 4.13. The van der Waals surface area contributed by atoms with Crippen molar-refractivity contribution in [2.75, 3.05) is 0 Å². The van der Waals surface area contributed by atoms with Crippen molar-refractivity contribution >= 4 is 70.8 Å². The SMILES string of the molecule is c1ccc(-c2cc3c4ccccc4n4c5ccc(-c6ccc7c(c6)c6ccccc6n7-c6nc(-c7ccccc7)c7ccccc7n6)cc5c(c2)c34)cc1. The summed E-state index contributed by atoms with van der Waals surface area (Å²) < 4.78 is 4.68. The monoisotopic (exact) mass is 686 g/mol. The van der Waals surface area contributed by atoms with E-state index in [2.05, 4.69) is 179 Å². The molecule has 0 unspecified atom stereocenters. The largest absolute Gasteiger partial charge is 0.308 e. The molecule has 4 aromatic heterocycles. The fraction of sp³-hybridized carbons (Fsp3) is 0. The molecule has 0 amide bonds. The predicted molar refractivity (Wildman–Crippen MR) is 225 cm³/mol. The molecule has 250 valence electrons. The lowest BCUT2D eigenvalue weighted by Gasteiger charge is -2.12. The van der Waals surface area contributed by atoms with Crippen molar-refractivity contribution in [3.63, 3.8) is 0 Å². The predicted octanol–water partition coefficient (Wildman–Crippen LogP) is 12.9. The van der Waals surface area contributed by atoms with Gasteiger partial charge in [-0.3, -0.25) is 4.57 Å². The fourth-order valence-electron chi connectivity index (χ4n) is 8.83. The quantitative estimate of drug-likeness (QED) is 0.185. The molecule has 4 heterocycles. The van der Waals surface area contributed by atoms with E-state index in [1.54, 1.807) is 0 Å². The number of nitrogens with zero attached hydrogens (tertiary/aromatic N) is 4. The molecule has 4 nitrogen and oxygen atoms in total. The summed E-state index contributed by atoms with van der Waals surface area (Å²) >= 11 is 0. The van der Waals surface area contributed by atoms with Gasteiger partial charge in [0.25, 0.3) is 0 Å². The summed E-state index contributed by atoms with van der Waals surface area (Å²) in [5.74, 6) is 0.667.